The van der Waals surface area contributed by atoms with E-state index in [0.717, 1.165) is 59.7 Å². The Bertz CT molecular complexity index is 1480. The number of esters is 1. The zero-order valence-electron chi connectivity index (χ0n) is 30.3. The predicted molar refractivity (Wildman–Crippen MR) is 197 cm³/mol. The third kappa shape index (κ3) is 14.2. The summed E-state index contributed by atoms with van der Waals surface area (Å²) in [5.41, 5.74) is 6.04. The number of nitrogens with one attached hydrogen (secondary N) is 1. The maximum Gasteiger partial charge on any atom is 0.308 e. The fraction of sp³-hybridized carbons (Fsp3) is 0.525. The quantitative estimate of drug-likeness (QED) is 0.0988. The van der Waals surface area contributed by atoms with Crippen molar-refractivity contribution in [1.29, 1.82) is 0 Å². The molecule has 1 N–H and O–H groups in total. The average Bonchev–Trinajstić information content (AvgIpc) is 3.10. The molecule has 0 radical (unpaired) electrons. The van der Waals surface area contributed by atoms with Gasteiger partial charge in [-0.3, -0.25) is 14.6 Å². The first-order chi connectivity index (χ1) is 24.2. The Labute approximate surface area is 297 Å². The minimum Gasteiger partial charge on any atom is -0.460 e. The molecule has 50 heavy (non-hydrogen) atoms. The second kappa shape index (κ2) is 20.7. The number of carbonyl (C=O) groups excluding carboxylic acids is 2. The first-order valence-corrected chi connectivity index (χ1v) is 17.9. The van der Waals surface area contributed by atoms with Crippen LogP contribution in [-0.2, 0) is 34.9 Å². The number of aromatic nitrogens is 1. The van der Waals surface area contributed by atoms with Crippen molar-refractivity contribution in [1.82, 2.24) is 4.98 Å². The van der Waals surface area contributed by atoms with Crippen molar-refractivity contribution in [3.63, 3.8) is 0 Å². The van der Waals surface area contributed by atoms with Gasteiger partial charge in [-0.05, 0) is 113 Å². The Morgan fingerprint density at radius 2 is 1.48 bits per heavy atom. The summed E-state index contributed by atoms with van der Waals surface area (Å²) in [6.07, 6.45) is 7.36. The van der Waals surface area contributed by atoms with Crippen LogP contribution in [0.5, 0.6) is 0 Å². The lowest BCUT2D eigenvalue weighted by Gasteiger charge is -2.29. The zero-order chi connectivity index (χ0) is 35.6. The smallest absolute Gasteiger partial charge is 0.308 e. The molecule has 0 saturated carbocycles. The fourth-order valence-electron chi connectivity index (χ4n) is 5.64. The molecule has 10 nitrogen and oxygen atoms in total. The van der Waals surface area contributed by atoms with Crippen LogP contribution in [0.4, 0.5) is 11.4 Å². The van der Waals surface area contributed by atoms with Crippen LogP contribution in [0.2, 0.25) is 0 Å². The van der Waals surface area contributed by atoms with Gasteiger partial charge in [-0.1, -0.05) is 12.1 Å². The molecule has 3 aromatic rings. The van der Waals surface area contributed by atoms with Crippen LogP contribution in [-0.4, -0.2) is 88.4 Å². The molecule has 1 aromatic heterocycles. The van der Waals surface area contributed by atoms with Gasteiger partial charge < -0.3 is 33.9 Å². The molecule has 272 valence electrons. The molecule has 0 bridgehead atoms. The fourth-order valence-corrected chi connectivity index (χ4v) is 5.64. The van der Waals surface area contributed by atoms with Crippen molar-refractivity contribution in [2.24, 2.45) is 0 Å². The summed E-state index contributed by atoms with van der Waals surface area (Å²) in [5, 5.41) is 3.17. The lowest BCUT2D eigenvalue weighted by molar-refractivity contribution is -0.156. The standard InChI is InChI=1S/C40H55N3O7/c1-31-15-17-41-37(28-31)35-30-34(43-18-6-5-7-19-43)13-14-36(35)42-39(45)33-12-8-10-32(29-33)11-9-20-46-22-24-48-26-27-49-25-23-47-21-16-38(44)50-40(2,3)4/h8,10,12-15,17,28-30H,5-7,9,11,16,18-27H2,1-4H3,(H,42,45). The van der Waals surface area contributed by atoms with Gasteiger partial charge in [0, 0.05) is 42.7 Å². The molecule has 2 aromatic carbocycles. The van der Waals surface area contributed by atoms with Crippen LogP contribution in [0.15, 0.2) is 60.8 Å². The van der Waals surface area contributed by atoms with E-state index in [4.69, 9.17) is 23.7 Å². The Kier molecular flexibility index (Phi) is 16.2. The van der Waals surface area contributed by atoms with Crippen LogP contribution in [0.25, 0.3) is 11.3 Å². The van der Waals surface area contributed by atoms with E-state index in [0.29, 0.717) is 58.4 Å². The van der Waals surface area contributed by atoms with Gasteiger partial charge in [-0.2, -0.15) is 0 Å². The largest absolute Gasteiger partial charge is 0.460 e. The number of aryl methyl sites for hydroxylation is 2. The lowest BCUT2D eigenvalue weighted by Crippen LogP contribution is -2.29. The SMILES string of the molecule is Cc1ccnc(-c2cc(N3CCCCC3)ccc2NC(=O)c2cccc(CCCOCCOCCOCCOCCC(=O)OC(C)(C)C)c2)c1. The molecule has 0 unspecified atom stereocenters. The monoisotopic (exact) mass is 689 g/mol. The van der Waals surface area contributed by atoms with E-state index in [-0.39, 0.29) is 18.3 Å². The molecule has 0 atom stereocenters. The number of anilines is 2. The van der Waals surface area contributed by atoms with Crippen LogP contribution in [0.3, 0.4) is 0 Å². The van der Waals surface area contributed by atoms with E-state index in [9.17, 15) is 9.59 Å². The molecule has 1 saturated heterocycles. The van der Waals surface area contributed by atoms with Gasteiger partial charge in [-0.15, -0.1) is 0 Å². The number of piperidine rings is 1. The molecular weight excluding hydrogens is 634 g/mol. The topological polar surface area (TPSA) is 108 Å². The molecule has 1 fully saturated rings. The second-order valence-electron chi connectivity index (χ2n) is 13.5. The molecule has 10 heteroatoms. The minimum absolute atomic E-state index is 0.144. The first-order valence-electron chi connectivity index (χ1n) is 17.9. The maximum absolute atomic E-state index is 13.5. The maximum atomic E-state index is 13.5. The normalized spacial score (nSPS) is 13.3. The Hall–Kier alpha value is -3.83. The van der Waals surface area contributed by atoms with E-state index in [2.05, 4.69) is 40.3 Å². The highest BCUT2D eigenvalue weighted by Gasteiger charge is 2.18. The van der Waals surface area contributed by atoms with E-state index < -0.39 is 5.60 Å². The van der Waals surface area contributed by atoms with Gasteiger partial charge in [0.1, 0.15) is 5.60 Å². The number of benzene rings is 2. The van der Waals surface area contributed by atoms with Gasteiger partial charge >= 0.3 is 5.97 Å². The zero-order valence-corrected chi connectivity index (χ0v) is 30.3. The number of nitrogens with zero attached hydrogens (tertiary/aromatic N) is 2. The average molecular weight is 690 g/mol. The molecule has 1 aliphatic rings. The molecule has 0 aliphatic carbocycles. The third-order valence-corrected chi connectivity index (χ3v) is 8.09. The second-order valence-corrected chi connectivity index (χ2v) is 13.5. The molecule has 4 rings (SSSR count). The molecule has 0 spiro atoms. The Morgan fingerprint density at radius 3 is 2.16 bits per heavy atom. The van der Waals surface area contributed by atoms with Gasteiger partial charge in [0.05, 0.1) is 64.1 Å². The third-order valence-electron chi connectivity index (χ3n) is 8.09. The van der Waals surface area contributed by atoms with Crippen LogP contribution in [0.1, 0.15) is 74.4 Å². The number of ether oxygens (including phenoxy) is 5. The van der Waals surface area contributed by atoms with Crippen LogP contribution >= 0.6 is 0 Å². The minimum atomic E-state index is -0.479. The Balaban J connectivity index is 1.12. The van der Waals surface area contributed by atoms with E-state index in [1.807, 2.05) is 63.4 Å². The number of pyridine rings is 1. The van der Waals surface area contributed by atoms with Crippen molar-refractivity contribution in [3.05, 3.63) is 77.5 Å². The van der Waals surface area contributed by atoms with Gasteiger partial charge in [0.2, 0.25) is 0 Å². The summed E-state index contributed by atoms with van der Waals surface area (Å²) >= 11 is 0. The number of hydrogen-bond donors (Lipinski definition) is 1. The predicted octanol–water partition coefficient (Wildman–Crippen LogP) is 7.03. The van der Waals surface area contributed by atoms with Gasteiger partial charge in [-0.25, -0.2) is 0 Å². The molecule has 2 heterocycles. The van der Waals surface area contributed by atoms with Crippen molar-refractivity contribution in [3.8, 4) is 11.3 Å². The summed E-state index contributed by atoms with van der Waals surface area (Å²) in [4.78, 5) is 32.2. The van der Waals surface area contributed by atoms with Gasteiger partial charge in [0.25, 0.3) is 5.91 Å². The number of carbonyl (C=O) groups is 2. The highest BCUT2D eigenvalue weighted by molar-refractivity contribution is 6.06. The van der Waals surface area contributed by atoms with Crippen LogP contribution < -0.4 is 10.2 Å². The van der Waals surface area contributed by atoms with Crippen molar-refractivity contribution in [2.45, 2.75) is 71.8 Å². The summed E-state index contributed by atoms with van der Waals surface area (Å²) in [6, 6.07) is 18.1. The van der Waals surface area contributed by atoms with Crippen molar-refractivity contribution >= 4 is 23.3 Å². The molecular formula is C40H55N3O7. The summed E-state index contributed by atoms with van der Waals surface area (Å²) < 4.78 is 27.5. The van der Waals surface area contributed by atoms with E-state index in [1.54, 1.807) is 0 Å². The summed E-state index contributed by atoms with van der Waals surface area (Å²) in [6.45, 7) is 13.4. The highest BCUT2D eigenvalue weighted by Crippen LogP contribution is 2.33. The molecule has 1 aliphatic heterocycles. The van der Waals surface area contributed by atoms with Gasteiger partial charge in [0.15, 0.2) is 0 Å². The van der Waals surface area contributed by atoms with Crippen LogP contribution in [0, 0.1) is 6.92 Å². The highest BCUT2D eigenvalue weighted by atomic mass is 16.6. The van der Waals surface area contributed by atoms with E-state index in [1.165, 1.54) is 19.3 Å². The van der Waals surface area contributed by atoms with Crippen molar-refractivity contribution in [2.75, 3.05) is 76.2 Å². The van der Waals surface area contributed by atoms with Crippen molar-refractivity contribution < 1.29 is 33.3 Å². The van der Waals surface area contributed by atoms with E-state index >= 15 is 0 Å². The molecule has 1 amide bonds. The number of amides is 1. The number of hydrogen-bond acceptors (Lipinski definition) is 9. The Morgan fingerprint density at radius 1 is 0.800 bits per heavy atom. The summed E-state index contributed by atoms with van der Waals surface area (Å²) in [7, 11) is 0. The lowest BCUT2D eigenvalue weighted by atomic mass is 10.0. The number of rotatable bonds is 20. The summed E-state index contributed by atoms with van der Waals surface area (Å²) in [5.74, 6) is -0.408. The first kappa shape index (κ1) is 39.0.